The van der Waals surface area contributed by atoms with Crippen LogP contribution in [0.1, 0.15) is 41.9 Å². The molecule has 0 amide bonds. The molecule has 0 radical (unpaired) electrons. The number of aromatic nitrogens is 1. The van der Waals surface area contributed by atoms with E-state index in [0.29, 0.717) is 5.92 Å². The Bertz CT molecular complexity index is 961. The van der Waals surface area contributed by atoms with E-state index in [9.17, 15) is 0 Å². The quantitative estimate of drug-likeness (QED) is 0.547. The lowest BCUT2D eigenvalue weighted by atomic mass is 10.0. The molecule has 2 aliphatic rings. The van der Waals surface area contributed by atoms with Crippen molar-refractivity contribution in [3.8, 4) is 0 Å². The zero-order chi connectivity index (χ0) is 19.6. The van der Waals surface area contributed by atoms with E-state index in [0.717, 1.165) is 24.6 Å². The maximum atomic E-state index is 4.19. The van der Waals surface area contributed by atoms with E-state index in [-0.39, 0.29) is 0 Å². The van der Waals surface area contributed by atoms with Crippen molar-refractivity contribution in [1.82, 2.24) is 4.98 Å². The van der Waals surface area contributed by atoms with Gasteiger partial charge in [0.2, 0.25) is 0 Å². The third kappa shape index (κ3) is 4.14. The molecule has 0 spiro atoms. The van der Waals surface area contributed by atoms with Crippen LogP contribution in [0.15, 0.2) is 67.0 Å². The molecule has 1 saturated carbocycles. The minimum absolute atomic E-state index is 0.575. The maximum Gasteiger partial charge on any atom is 0.0526 e. The molecule has 1 atom stereocenters. The average molecular weight is 384 g/mol. The number of hydrogen-bond acceptors (Lipinski definition) is 3. The van der Waals surface area contributed by atoms with Gasteiger partial charge in [0.25, 0.3) is 0 Å². The fraction of sp³-hybridized carbons (Fsp3) is 0.346. The Kier molecular flexibility index (Phi) is 4.97. The summed E-state index contributed by atoms with van der Waals surface area (Å²) in [6, 6.07) is 20.2. The number of nitrogens with one attached hydrogen (secondary N) is 1. The van der Waals surface area contributed by atoms with Crippen LogP contribution in [0.4, 0.5) is 17.1 Å². The molecule has 3 aromatic rings. The molecule has 0 bridgehead atoms. The third-order valence-corrected chi connectivity index (χ3v) is 6.47. The normalized spacial score (nSPS) is 17.8. The molecule has 1 fully saturated rings. The summed E-state index contributed by atoms with van der Waals surface area (Å²) < 4.78 is 0. The van der Waals surface area contributed by atoms with E-state index in [1.165, 1.54) is 53.7 Å². The number of pyridine rings is 1. The molecule has 29 heavy (non-hydrogen) atoms. The van der Waals surface area contributed by atoms with Gasteiger partial charge in [-0.15, -0.1) is 0 Å². The van der Waals surface area contributed by atoms with E-state index in [4.69, 9.17) is 0 Å². The van der Waals surface area contributed by atoms with Gasteiger partial charge >= 0.3 is 0 Å². The molecule has 2 aromatic carbocycles. The first kappa shape index (κ1) is 18.2. The molecule has 1 heterocycles. The van der Waals surface area contributed by atoms with Crippen molar-refractivity contribution >= 4 is 17.1 Å². The van der Waals surface area contributed by atoms with Crippen LogP contribution >= 0.6 is 0 Å². The SMILES string of the molecule is CN(c1ccc(CC2CC2)cc1)c1ccc2c(c1)CC[C@H]2CNc1cccnc1. The second-order valence-corrected chi connectivity index (χ2v) is 8.61. The van der Waals surface area contributed by atoms with Gasteiger partial charge in [-0.25, -0.2) is 0 Å². The molecular formula is C26H29N3. The molecular weight excluding hydrogens is 354 g/mol. The summed E-state index contributed by atoms with van der Waals surface area (Å²) in [6.45, 7) is 0.969. The van der Waals surface area contributed by atoms with Crippen LogP contribution in [-0.4, -0.2) is 18.6 Å². The predicted molar refractivity (Wildman–Crippen MR) is 121 cm³/mol. The highest BCUT2D eigenvalue weighted by atomic mass is 15.1. The monoisotopic (exact) mass is 383 g/mol. The topological polar surface area (TPSA) is 28.2 Å². The van der Waals surface area contributed by atoms with E-state index in [1.54, 1.807) is 0 Å². The molecule has 3 heteroatoms. The average Bonchev–Trinajstić information content (AvgIpc) is 3.49. The van der Waals surface area contributed by atoms with E-state index in [1.807, 2.05) is 18.5 Å². The first-order chi connectivity index (χ1) is 14.3. The van der Waals surface area contributed by atoms with Crippen molar-refractivity contribution in [2.75, 3.05) is 23.8 Å². The fourth-order valence-corrected chi connectivity index (χ4v) is 4.48. The third-order valence-electron chi connectivity index (χ3n) is 6.47. The number of fused-ring (bicyclic) bond motifs is 1. The standard InChI is InChI=1S/C26H29N3/c1-29(24-10-6-20(7-11-24)15-19-4-5-19)25-12-13-26-21(16-25)8-9-22(26)17-28-23-3-2-14-27-18-23/h2-3,6-7,10-14,16,18-19,22,28H,4-5,8-9,15,17H2,1H3/t22-/m0/s1. The van der Waals surface area contributed by atoms with Crippen molar-refractivity contribution in [3.63, 3.8) is 0 Å². The summed E-state index contributed by atoms with van der Waals surface area (Å²) in [4.78, 5) is 6.50. The largest absolute Gasteiger partial charge is 0.383 e. The van der Waals surface area contributed by atoms with Crippen molar-refractivity contribution in [2.45, 2.75) is 38.0 Å². The Morgan fingerprint density at radius 3 is 2.59 bits per heavy atom. The number of benzene rings is 2. The molecule has 0 saturated heterocycles. The number of anilines is 3. The minimum atomic E-state index is 0.575. The van der Waals surface area contributed by atoms with Gasteiger partial charge < -0.3 is 10.2 Å². The molecule has 148 valence electrons. The highest BCUT2D eigenvalue weighted by Gasteiger charge is 2.23. The molecule has 1 N–H and O–H groups in total. The van der Waals surface area contributed by atoms with Crippen molar-refractivity contribution in [3.05, 3.63) is 83.7 Å². The van der Waals surface area contributed by atoms with Crippen LogP contribution in [-0.2, 0) is 12.8 Å². The zero-order valence-electron chi connectivity index (χ0n) is 17.1. The lowest BCUT2D eigenvalue weighted by molar-refractivity contribution is 0.709. The van der Waals surface area contributed by atoms with Gasteiger partial charge in [0.05, 0.1) is 5.69 Å². The summed E-state index contributed by atoms with van der Waals surface area (Å²) in [5, 5.41) is 3.54. The summed E-state index contributed by atoms with van der Waals surface area (Å²) in [7, 11) is 2.17. The van der Waals surface area contributed by atoms with E-state index >= 15 is 0 Å². The van der Waals surface area contributed by atoms with Gasteiger partial charge in [0.1, 0.15) is 0 Å². The molecule has 1 aromatic heterocycles. The van der Waals surface area contributed by atoms with Crippen LogP contribution in [0, 0.1) is 5.92 Å². The van der Waals surface area contributed by atoms with Crippen LogP contribution in [0.25, 0.3) is 0 Å². The Hall–Kier alpha value is -2.81. The second-order valence-electron chi connectivity index (χ2n) is 8.61. The number of aryl methyl sites for hydroxylation is 1. The minimum Gasteiger partial charge on any atom is -0.383 e. The van der Waals surface area contributed by atoms with Crippen molar-refractivity contribution < 1.29 is 0 Å². The van der Waals surface area contributed by atoms with Gasteiger partial charge in [-0.1, -0.05) is 18.2 Å². The predicted octanol–water partition coefficient (Wildman–Crippen LogP) is 5.94. The summed E-state index contributed by atoms with van der Waals surface area (Å²) in [5.74, 6) is 1.52. The van der Waals surface area contributed by atoms with Gasteiger partial charge in [-0.2, -0.15) is 0 Å². The first-order valence-electron chi connectivity index (χ1n) is 10.9. The van der Waals surface area contributed by atoms with E-state index < -0.39 is 0 Å². The highest BCUT2D eigenvalue weighted by Crippen LogP contribution is 2.37. The summed E-state index contributed by atoms with van der Waals surface area (Å²) >= 11 is 0. The maximum absolute atomic E-state index is 4.19. The molecule has 5 rings (SSSR count). The van der Waals surface area contributed by atoms with Crippen molar-refractivity contribution in [2.24, 2.45) is 5.92 Å². The first-order valence-corrected chi connectivity index (χ1v) is 10.9. The highest BCUT2D eigenvalue weighted by molar-refractivity contribution is 5.64. The number of rotatable bonds is 7. The van der Waals surface area contributed by atoms with Gasteiger partial charge in [-0.05, 0) is 91.1 Å². The van der Waals surface area contributed by atoms with Crippen LogP contribution in [0.2, 0.25) is 0 Å². The Balaban J connectivity index is 1.26. The molecule has 0 unspecified atom stereocenters. The number of nitrogens with zero attached hydrogens (tertiary/aromatic N) is 2. The summed E-state index contributed by atoms with van der Waals surface area (Å²) in [5.41, 5.74) is 8.11. The Morgan fingerprint density at radius 2 is 1.83 bits per heavy atom. The van der Waals surface area contributed by atoms with Crippen LogP contribution < -0.4 is 10.2 Å². The molecule has 3 nitrogen and oxygen atoms in total. The van der Waals surface area contributed by atoms with E-state index in [2.05, 4.69) is 70.8 Å². The second kappa shape index (κ2) is 7.90. The molecule has 2 aliphatic carbocycles. The van der Waals surface area contributed by atoms with Gasteiger partial charge in [0.15, 0.2) is 0 Å². The lowest BCUT2D eigenvalue weighted by Crippen LogP contribution is -2.11. The number of hydrogen-bond donors (Lipinski definition) is 1. The van der Waals surface area contributed by atoms with Gasteiger partial charge in [-0.3, -0.25) is 4.98 Å². The zero-order valence-corrected chi connectivity index (χ0v) is 17.1. The Morgan fingerprint density at radius 1 is 1.00 bits per heavy atom. The van der Waals surface area contributed by atoms with Crippen molar-refractivity contribution in [1.29, 1.82) is 0 Å². The smallest absolute Gasteiger partial charge is 0.0526 e. The molecule has 0 aliphatic heterocycles. The van der Waals surface area contributed by atoms with Crippen LogP contribution in [0.5, 0.6) is 0 Å². The van der Waals surface area contributed by atoms with Gasteiger partial charge in [0, 0.05) is 43.3 Å². The van der Waals surface area contributed by atoms with Crippen LogP contribution in [0.3, 0.4) is 0 Å². The summed E-state index contributed by atoms with van der Waals surface area (Å²) in [6.07, 6.45) is 10.2. The lowest BCUT2D eigenvalue weighted by Gasteiger charge is -2.21. The Labute approximate surface area is 173 Å². The fourth-order valence-electron chi connectivity index (χ4n) is 4.48.